The SMILES string of the molecule is CN(CC(=O)N1CCN(Cc2cc(=O)n3ccsc3n2)CC1)c1ccccc1. The minimum Gasteiger partial charge on any atom is -0.365 e. The maximum Gasteiger partial charge on any atom is 0.258 e. The molecule has 28 heavy (non-hydrogen) atoms. The largest absolute Gasteiger partial charge is 0.365 e. The molecular weight excluding hydrogens is 374 g/mol. The fraction of sp³-hybridized carbons (Fsp3) is 0.350. The van der Waals surface area contributed by atoms with Gasteiger partial charge in [-0.1, -0.05) is 18.2 Å². The minimum absolute atomic E-state index is 0.0426. The van der Waals surface area contributed by atoms with Crippen molar-refractivity contribution in [3.63, 3.8) is 0 Å². The maximum absolute atomic E-state index is 12.6. The summed E-state index contributed by atoms with van der Waals surface area (Å²) < 4.78 is 1.56. The van der Waals surface area contributed by atoms with E-state index in [-0.39, 0.29) is 11.5 Å². The second-order valence-electron chi connectivity index (χ2n) is 6.99. The van der Waals surface area contributed by atoms with Crippen LogP contribution in [-0.2, 0) is 11.3 Å². The smallest absolute Gasteiger partial charge is 0.258 e. The van der Waals surface area contributed by atoms with Crippen LogP contribution in [0.1, 0.15) is 5.69 Å². The summed E-state index contributed by atoms with van der Waals surface area (Å²) in [6.07, 6.45) is 1.75. The summed E-state index contributed by atoms with van der Waals surface area (Å²) in [7, 11) is 1.94. The topological polar surface area (TPSA) is 61.2 Å². The number of fused-ring (bicyclic) bond motifs is 1. The number of aromatic nitrogens is 2. The highest BCUT2D eigenvalue weighted by molar-refractivity contribution is 7.15. The predicted octanol–water partition coefficient (Wildman–Crippen LogP) is 1.54. The number of anilines is 1. The Labute approximate surface area is 167 Å². The van der Waals surface area contributed by atoms with E-state index >= 15 is 0 Å². The highest BCUT2D eigenvalue weighted by atomic mass is 32.1. The summed E-state index contributed by atoms with van der Waals surface area (Å²) in [6, 6.07) is 11.5. The Morgan fingerprint density at radius 3 is 2.68 bits per heavy atom. The normalized spacial score (nSPS) is 15.1. The van der Waals surface area contributed by atoms with Crippen molar-refractivity contribution in [2.24, 2.45) is 0 Å². The van der Waals surface area contributed by atoms with Crippen molar-refractivity contribution in [2.45, 2.75) is 6.54 Å². The van der Waals surface area contributed by atoms with E-state index in [0.29, 0.717) is 26.2 Å². The third-order valence-electron chi connectivity index (χ3n) is 5.04. The molecule has 3 heterocycles. The lowest BCUT2D eigenvalue weighted by Crippen LogP contribution is -2.50. The average molecular weight is 398 g/mol. The molecule has 0 radical (unpaired) electrons. The van der Waals surface area contributed by atoms with Crippen LogP contribution in [0.4, 0.5) is 5.69 Å². The Morgan fingerprint density at radius 2 is 1.93 bits per heavy atom. The van der Waals surface area contributed by atoms with E-state index in [1.54, 1.807) is 16.7 Å². The number of carbonyl (C=O) groups excluding carboxylic acids is 1. The van der Waals surface area contributed by atoms with E-state index in [0.717, 1.165) is 29.4 Å². The summed E-state index contributed by atoms with van der Waals surface area (Å²) >= 11 is 1.46. The fourth-order valence-electron chi connectivity index (χ4n) is 3.43. The fourth-order valence-corrected chi connectivity index (χ4v) is 4.17. The summed E-state index contributed by atoms with van der Waals surface area (Å²) in [4.78, 5) is 36.2. The van der Waals surface area contributed by atoms with Crippen LogP contribution < -0.4 is 10.5 Å². The van der Waals surface area contributed by atoms with E-state index < -0.39 is 0 Å². The summed E-state index contributed by atoms with van der Waals surface area (Å²) in [5, 5.41) is 1.87. The Morgan fingerprint density at radius 1 is 1.18 bits per heavy atom. The molecule has 0 saturated carbocycles. The quantitative estimate of drug-likeness (QED) is 0.654. The molecule has 1 aliphatic heterocycles. The lowest BCUT2D eigenvalue weighted by atomic mass is 10.2. The van der Waals surface area contributed by atoms with Crippen LogP contribution in [0.3, 0.4) is 0 Å². The first-order valence-electron chi connectivity index (χ1n) is 9.32. The Balaban J connectivity index is 1.31. The molecule has 0 aliphatic carbocycles. The van der Waals surface area contributed by atoms with Gasteiger partial charge in [-0.25, -0.2) is 4.98 Å². The highest BCUT2D eigenvalue weighted by Gasteiger charge is 2.22. The number of hydrogen-bond donors (Lipinski definition) is 0. The number of thiazole rings is 1. The summed E-state index contributed by atoms with van der Waals surface area (Å²) in [5.41, 5.74) is 1.78. The predicted molar refractivity (Wildman–Crippen MR) is 111 cm³/mol. The molecule has 0 spiro atoms. The molecule has 1 fully saturated rings. The first-order chi connectivity index (χ1) is 13.6. The van der Waals surface area contributed by atoms with Gasteiger partial charge in [-0.3, -0.25) is 18.9 Å². The zero-order valence-corrected chi connectivity index (χ0v) is 16.6. The highest BCUT2D eigenvalue weighted by Crippen LogP contribution is 2.13. The van der Waals surface area contributed by atoms with Gasteiger partial charge in [-0.2, -0.15) is 0 Å². The van der Waals surface area contributed by atoms with Gasteiger partial charge >= 0.3 is 0 Å². The number of benzene rings is 1. The number of nitrogens with zero attached hydrogens (tertiary/aromatic N) is 5. The van der Waals surface area contributed by atoms with Crippen molar-refractivity contribution in [1.82, 2.24) is 19.2 Å². The van der Waals surface area contributed by atoms with E-state index in [2.05, 4.69) is 9.88 Å². The molecule has 0 unspecified atom stereocenters. The number of carbonyl (C=O) groups is 1. The third kappa shape index (κ3) is 4.07. The molecule has 146 valence electrons. The second-order valence-corrected chi connectivity index (χ2v) is 7.86. The molecule has 3 aromatic rings. The molecule has 1 amide bonds. The van der Waals surface area contributed by atoms with Gasteiger partial charge in [-0.15, -0.1) is 11.3 Å². The van der Waals surface area contributed by atoms with E-state index in [9.17, 15) is 9.59 Å². The number of rotatable bonds is 5. The molecule has 1 aromatic carbocycles. The van der Waals surface area contributed by atoms with E-state index in [1.807, 2.05) is 52.6 Å². The lowest BCUT2D eigenvalue weighted by Gasteiger charge is -2.35. The Hall–Kier alpha value is -2.71. The first-order valence-corrected chi connectivity index (χ1v) is 10.2. The van der Waals surface area contributed by atoms with Gasteiger partial charge < -0.3 is 9.80 Å². The number of hydrogen-bond acceptors (Lipinski definition) is 6. The van der Waals surface area contributed by atoms with Crippen molar-refractivity contribution in [3.8, 4) is 0 Å². The molecule has 1 saturated heterocycles. The van der Waals surface area contributed by atoms with Crippen molar-refractivity contribution in [2.75, 3.05) is 44.7 Å². The minimum atomic E-state index is -0.0426. The molecule has 0 bridgehead atoms. The van der Waals surface area contributed by atoms with Crippen molar-refractivity contribution >= 4 is 27.9 Å². The molecule has 2 aromatic heterocycles. The summed E-state index contributed by atoms with van der Waals surface area (Å²) in [6.45, 7) is 3.97. The van der Waals surface area contributed by atoms with Crippen LogP contribution in [0, 0.1) is 0 Å². The van der Waals surface area contributed by atoms with E-state index in [4.69, 9.17) is 0 Å². The van der Waals surface area contributed by atoms with Gasteiger partial charge in [0.1, 0.15) is 0 Å². The van der Waals surface area contributed by atoms with E-state index in [1.165, 1.54) is 11.3 Å². The van der Waals surface area contributed by atoms with Gasteiger partial charge in [0.05, 0.1) is 12.2 Å². The summed E-state index contributed by atoms with van der Waals surface area (Å²) in [5.74, 6) is 0.141. The Bertz CT molecular complexity index is 1010. The van der Waals surface area contributed by atoms with Crippen molar-refractivity contribution < 1.29 is 4.79 Å². The lowest BCUT2D eigenvalue weighted by molar-refractivity contribution is -0.131. The van der Waals surface area contributed by atoms with Gasteiger partial charge in [0.2, 0.25) is 5.91 Å². The zero-order valence-electron chi connectivity index (χ0n) is 15.8. The number of para-hydroxylation sites is 1. The van der Waals surface area contributed by atoms with Crippen molar-refractivity contribution in [3.05, 3.63) is 64.0 Å². The molecule has 0 N–H and O–H groups in total. The van der Waals surface area contributed by atoms with Crippen LogP contribution in [0.2, 0.25) is 0 Å². The first kappa shape index (κ1) is 18.6. The van der Waals surface area contributed by atoms with Crippen LogP contribution >= 0.6 is 11.3 Å². The molecule has 8 heteroatoms. The zero-order chi connectivity index (χ0) is 19.5. The van der Waals surface area contributed by atoms with Crippen LogP contribution in [0.25, 0.3) is 4.96 Å². The maximum atomic E-state index is 12.6. The van der Waals surface area contributed by atoms with Gasteiger partial charge in [0.15, 0.2) is 4.96 Å². The van der Waals surface area contributed by atoms with Crippen LogP contribution in [0.5, 0.6) is 0 Å². The van der Waals surface area contributed by atoms with Gasteiger partial charge in [-0.05, 0) is 12.1 Å². The monoisotopic (exact) mass is 397 g/mol. The number of piperazine rings is 1. The molecule has 7 nitrogen and oxygen atoms in total. The molecule has 4 rings (SSSR count). The molecular formula is C20H23N5O2S. The van der Waals surface area contributed by atoms with Crippen LogP contribution in [-0.4, -0.2) is 64.9 Å². The van der Waals surface area contributed by atoms with Crippen LogP contribution in [0.15, 0.2) is 52.8 Å². The standard InChI is InChI=1S/C20H23N5O2S/c1-22(17-5-3-2-4-6-17)15-19(27)24-9-7-23(8-10-24)14-16-13-18(26)25-11-12-28-20(25)21-16/h2-6,11-13H,7-10,14-15H2,1H3. The second kappa shape index (κ2) is 8.12. The van der Waals surface area contributed by atoms with Gasteiger partial charge in [0.25, 0.3) is 5.56 Å². The van der Waals surface area contributed by atoms with Gasteiger partial charge in [0, 0.05) is 63.1 Å². The average Bonchev–Trinajstić information content (AvgIpc) is 3.18. The van der Waals surface area contributed by atoms with Crippen molar-refractivity contribution in [1.29, 1.82) is 0 Å². The molecule has 0 atom stereocenters. The number of likely N-dealkylation sites (N-methyl/N-ethyl adjacent to an activating group) is 1. The Kier molecular flexibility index (Phi) is 5.40. The number of amides is 1. The third-order valence-corrected chi connectivity index (χ3v) is 5.79. The molecule has 1 aliphatic rings.